The minimum atomic E-state index is -2.78. The van der Waals surface area contributed by atoms with E-state index in [-0.39, 0.29) is 11.4 Å². The maximum atomic E-state index is 13.2. The van der Waals surface area contributed by atoms with Crippen LogP contribution in [0.5, 0.6) is 0 Å². The van der Waals surface area contributed by atoms with E-state index >= 15 is 0 Å². The predicted molar refractivity (Wildman–Crippen MR) is 110 cm³/mol. The third kappa shape index (κ3) is 4.00. The summed E-state index contributed by atoms with van der Waals surface area (Å²) in [4.78, 5) is 15.0. The molecular formula is C20H25F2N7O. The van der Waals surface area contributed by atoms with Crippen LogP contribution >= 0.6 is 0 Å². The molecule has 0 saturated carbocycles. The van der Waals surface area contributed by atoms with E-state index in [1.165, 1.54) is 17.9 Å². The number of fused-ring (bicyclic) bond motifs is 1. The minimum Gasteiger partial charge on any atom is -0.353 e. The molecular weight excluding hydrogens is 392 g/mol. The molecule has 0 radical (unpaired) electrons. The lowest BCUT2D eigenvalue weighted by atomic mass is 10.2. The van der Waals surface area contributed by atoms with E-state index in [9.17, 15) is 13.6 Å². The van der Waals surface area contributed by atoms with Crippen LogP contribution in [0.1, 0.15) is 36.5 Å². The first-order valence-electron chi connectivity index (χ1n) is 9.92. The first-order chi connectivity index (χ1) is 14.3. The van der Waals surface area contributed by atoms with Gasteiger partial charge in [-0.2, -0.15) is 5.10 Å². The fourth-order valence-electron chi connectivity index (χ4n) is 3.77. The number of aryl methyl sites for hydroxylation is 1. The predicted octanol–water partition coefficient (Wildman–Crippen LogP) is 2.69. The molecule has 4 rings (SSSR count). The van der Waals surface area contributed by atoms with E-state index in [4.69, 9.17) is 0 Å². The third-order valence-electron chi connectivity index (χ3n) is 5.20. The van der Waals surface area contributed by atoms with Gasteiger partial charge < -0.3 is 15.5 Å². The number of hydrogen-bond acceptors (Lipinski definition) is 5. The van der Waals surface area contributed by atoms with Crippen molar-refractivity contribution in [3.8, 4) is 0 Å². The molecule has 3 aromatic heterocycles. The quantitative estimate of drug-likeness (QED) is 0.682. The Balaban J connectivity index is 1.64. The van der Waals surface area contributed by atoms with Crippen molar-refractivity contribution in [2.24, 2.45) is 13.0 Å². The summed E-state index contributed by atoms with van der Waals surface area (Å²) >= 11 is 0. The Kier molecular flexibility index (Phi) is 5.42. The lowest BCUT2D eigenvalue weighted by Gasteiger charge is -2.25. The molecule has 3 aromatic rings. The molecule has 1 saturated heterocycles. The molecule has 0 unspecified atom stereocenters. The standard InChI is InChI=1S/C20H25F2N7O/c1-12-8-23-13(2)10-28(9-12)17-7-5-14-4-6-16(29(14)25-17)20(30)24-15-11-27(3)26-18(15)19(21)22/h4-7,11-13,19,23H,8-10H2,1-3H3,(H,24,30)/t12-,13-/m1/s1. The highest BCUT2D eigenvalue weighted by atomic mass is 19.3. The second-order valence-electron chi connectivity index (χ2n) is 7.92. The second kappa shape index (κ2) is 8.02. The van der Waals surface area contributed by atoms with Crippen molar-refractivity contribution >= 4 is 22.9 Å². The molecule has 1 aliphatic heterocycles. The average molecular weight is 417 g/mol. The molecule has 30 heavy (non-hydrogen) atoms. The number of hydrogen-bond donors (Lipinski definition) is 2. The number of carbonyl (C=O) groups excluding carboxylic acids is 1. The van der Waals surface area contributed by atoms with Crippen LogP contribution < -0.4 is 15.5 Å². The van der Waals surface area contributed by atoms with Gasteiger partial charge in [-0.15, -0.1) is 5.10 Å². The van der Waals surface area contributed by atoms with Crippen molar-refractivity contribution < 1.29 is 13.6 Å². The highest BCUT2D eigenvalue weighted by Crippen LogP contribution is 2.26. The molecule has 4 heterocycles. The molecule has 0 aromatic carbocycles. The van der Waals surface area contributed by atoms with Gasteiger partial charge in [0.15, 0.2) is 5.69 Å². The molecule has 0 spiro atoms. The van der Waals surface area contributed by atoms with Gasteiger partial charge in [-0.1, -0.05) is 6.92 Å². The summed E-state index contributed by atoms with van der Waals surface area (Å²) in [7, 11) is 1.53. The van der Waals surface area contributed by atoms with Gasteiger partial charge >= 0.3 is 0 Å². The fourth-order valence-corrected chi connectivity index (χ4v) is 3.77. The van der Waals surface area contributed by atoms with Gasteiger partial charge in [0.2, 0.25) is 0 Å². The maximum absolute atomic E-state index is 13.2. The van der Waals surface area contributed by atoms with Gasteiger partial charge in [-0.25, -0.2) is 13.3 Å². The summed E-state index contributed by atoms with van der Waals surface area (Å²) in [6, 6.07) is 7.57. The molecule has 0 bridgehead atoms. The molecule has 1 fully saturated rings. The number of carbonyl (C=O) groups is 1. The van der Waals surface area contributed by atoms with Crippen LogP contribution in [0.3, 0.4) is 0 Å². The van der Waals surface area contributed by atoms with E-state index in [0.29, 0.717) is 12.0 Å². The number of anilines is 2. The lowest BCUT2D eigenvalue weighted by Crippen LogP contribution is -2.36. The summed E-state index contributed by atoms with van der Waals surface area (Å²) in [5.74, 6) is 0.705. The number of amides is 1. The highest BCUT2D eigenvalue weighted by molar-refractivity contribution is 6.04. The third-order valence-corrected chi connectivity index (χ3v) is 5.20. The molecule has 8 nitrogen and oxygen atoms in total. The Morgan fingerprint density at radius 1 is 1.20 bits per heavy atom. The van der Waals surface area contributed by atoms with Crippen molar-refractivity contribution in [1.29, 1.82) is 0 Å². The molecule has 2 N–H and O–H groups in total. The van der Waals surface area contributed by atoms with Crippen LogP contribution in [-0.4, -0.2) is 51.0 Å². The van der Waals surface area contributed by atoms with Crippen molar-refractivity contribution in [2.75, 3.05) is 29.9 Å². The molecule has 0 aliphatic carbocycles. The molecule has 2 atom stereocenters. The van der Waals surface area contributed by atoms with E-state index in [1.807, 2.05) is 12.1 Å². The molecule has 160 valence electrons. The largest absolute Gasteiger partial charge is 0.353 e. The Labute approximate surface area is 172 Å². The number of aromatic nitrogens is 4. The van der Waals surface area contributed by atoms with Crippen molar-refractivity contribution in [1.82, 2.24) is 24.7 Å². The Morgan fingerprint density at radius 2 is 1.97 bits per heavy atom. The van der Waals surface area contributed by atoms with Crippen LogP contribution in [0.2, 0.25) is 0 Å². The van der Waals surface area contributed by atoms with Crippen molar-refractivity contribution in [3.63, 3.8) is 0 Å². The molecule has 10 heteroatoms. The number of alkyl halides is 2. The van der Waals surface area contributed by atoms with Crippen LogP contribution in [0, 0.1) is 5.92 Å². The van der Waals surface area contributed by atoms with Crippen LogP contribution in [0.4, 0.5) is 20.3 Å². The summed E-state index contributed by atoms with van der Waals surface area (Å²) in [6.45, 7) is 6.91. The smallest absolute Gasteiger partial charge is 0.284 e. The lowest BCUT2D eigenvalue weighted by molar-refractivity contribution is 0.101. The number of nitrogens with one attached hydrogen (secondary N) is 2. The average Bonchev–Trinajstić information content (AvgIpc) is 3.23. The van der Waals surface area contributed by atoms with E-state index in [0.717, 1.165) is 31.0 Å². The highest BCUT2D eigenvalue weighted by Gasteiger charge is 2.23. The first kappa shape index (κ1) is 20.3. The zero-order chi connectivity index (χ0) is 21.4. The minimum absolute atomic E-state index is 0.00940. The topological polar surface area (TPSA) is 79.5 Å². The second-order valence-corrected chi connectivity index (χ2v) is 7.92. The van der Waals surface area contributed by atoms with Gasteiger partial charge in [-0.05, 0) is 43.7 Å². The SMILES string of the molecule is C[C@@H]1CN[C@H](C)CN(c2ccc3ccc(C(=O)Nc4cn(C)nc4C(F)F)n3n2)C1. The Morgan fingerprint density at radius 3 is 2.73 bits per heavy atom. The fraction of sp³-hybridized carbons (Fsp3) is 0.450. The summed E-state index contributed by atoms with van der Waals surface area (Å²) in [5, 5.41) is 14.4. The van der Waals surface area contributed by atoms with E-state index < -0.39 is 18.0 Å². The summed E-state index contributed by atoms with van der Waals surface area (Å²) < 4.78 is 29.2. The zero-order valence-corrected chi connectivity index (χ0v) is 17.1. The first-order valence-corrected chi connectivity index (χ1v) is 9.92. The van der Waals surface area contributed by atoms with Crippen LogP contribution in [0.15, 0.2) is 30.5 Å². The Hall–Kier alpha value is -3.01. The monoisotopic (exact) mass is 417 g/mol. The summed E-state index contributed by atoms with van der Waals surface area (Å²) in [6.07, 6.45) is -1.42. The van der Waals surface area contributed by atoms with Gasteiger partial charge in [0, 0.05) is 32.4 Å². The number of halogens is 2. The molecule has 1 amide bonds. The van der Waals surface area contributed by atoms with Gasteiger partial charge in [0.25, 0.3) is 12.3 Å². The van der Waals surface area contributed by atoms with E-state index in [1.54, 1.807) is 16.6 Å². The van der Waals surface area contributed by atoms with Gasteiger partial charge in [0.05, 0.1) is 11.2 Å². The number of rotatable bonds is 4. The Bertz CT molecular complexity index is 1050. The van der Waals surface area contributed by atoms with Crippen LogP contribution in [-0.2, 0) is 7.05 Å². The van der Waals surface area contributed by atoms with Crippen LogP contribution in [0.25, 0.3) is 5.52 Å². The van der Waals surface area contributed by atoms with Gasteiger partial charge in [0.1, 0.15) is 11.5 Å². The van der Waals surface area contributed by atoms with Crippen molar-refractivity contribution in [2.45, 2.75) is 26.3 Å². The van der Waals surface area contributed by atoms with Gasteiger partial charge in [-0.3, -0.25) is 9.48 Å². The normalized spacial score (nSPS) is 20.0. The summed E-state index contributed by atoms with van der Waals surface area (Å²) in [5.41, 5.74) is 0.549. The number of nitrogens with zero attached hydrogens (tertiary/aromatic N) is 5. The zero-order valence-electron chi connectivity index (χ0n) is 17.1. The molecule has 1 aliphatic rings. The van der Waals surface area contributed by atoms with E-state index in [2.05, 4.69) is 39.6 Å². The van der Waals surface area contributed by atoms with Crippen molar-refractivity contribution in [3.05, 3.63) is 41.9 Å². The maximum Gasteiger partial charge on any atom is 0.284 e.